The monoisotopic (exact) mass is 1780 g/mol. The smallest absolute Gasteiger partial charge is 0.145 e. The molecule has 0 unspecified atom stereocenters. The summed E-state index contributed by atoms with van der Waals surface area (Å²) in [5.74, 6) is 4.17. The largest absolute Gasteiger partial charge is 0.306 e. The van der Waals surface area contributed by atoms with E-state index in [-0.39, 0.29) is 0 Å². The van der Waals surface area contributed by atoms with Crippen molar-refractivity contribution in [3.63, 3.8) is 0 Å². The topological polar surface area (TPSA) is 81.0 Å². The first-order valence-corrected chi connectivity index (χ1v) is 48.1. The minimum Gasteiger partial charge on any atom is -0.306 e. The molecule has 0 saturated heterocycles. The molecule has 658 valence electrons. The molecule has 21 aromatic carbocycles. The zero-order valence-electron chi connectivity index (χ0n) is 76.9. The summed E-state index contributed by atoms with van der Waals surface area (Å²) in [5.41, 5.74) is 38.9. The lowest BCUT2D eigenvalue weighted by Crippen LogP contribution is -2.19. The standard InChI is InChI=1S/C47H33N3.C41H29N3.C40H29N5/c1-2-46-48-42-17-10-18-44-47(42)50(46)43-24-23-37(30-45(43)49(44)41-15-4-3-5-16-41)40-28-38(35-21-19-31-11-6-8-13-33(31)25-35)27-39(29-40)36-22-20-32-12-7-9-14-34(32)26-36;1-2-40-42-36-13-8-14-38-41(36)44(40)37-22-21-34(26-39(37)43(38)35-11-4-3-5-12-35)33-20-19-31-24-30(17-18-32(31)25-33)29-16-15-27-9-6-7-10-28(27)23-29;1-2-38-41-33-17-11-19-36-39(33)45(38)35-25-24-29(26-37(35)43(36)30-12-5-3-6-13-30)27-20-22-28(23-21-27)40-42-32-16-9-10-18-34(32)44(40)31-14-7-4-8-15-31/h3-30H,2H2,1H3;3-26H,2H2,1H3;3-26H,2H2,1H3. The quantitative estimate of drug-likeness (QED) is 0.107. The number of nitrogens with zero attached hydrogens (tertiary/aromatic N) is 11. The second kappa shape index (κ2) is 33.8. The summed E-state index contributed by atoms with van der Waals surface area (Å²) in [6, 6.07) is 166. The van der Waals surface area contributed by atoms with E-state index < -0.39 is 0 Å². The molecule has 0 bridgehead atoms. The summed E-state index contributed by atoms with van der Waals surface area (Å²) in [5, 5.41) is 9.99. The summed E-state index contributed by atoms with van der Waals surface area (Å²) in [6.07, 6.45) is 2.58. The number of aryl methyl sites for hydroxylation is 3. The third-order valence-corrected chi connectivity index (χ3v) is 28.0. The van der Waals surface area contributed by atoms with Crippen LogP contribution in [0.5, 0.6) is 0 Å². The third kappa shape index (κ3) is 14.1. The Bertz CT molecular complexity index is 9070. The number of rotatable bonds is 14. The van der Waals surface area contributed by atoms with E-state index in [9.17, 15) is 0 Å². The molecule has 0 fully saturated rings. The number of para-hydroxylation sites is 9. The van der Waals surface area contributed by atoms with Gasteiger partial charge in [0.15, 0.2) is 0 Å². The Morgan fingerprint density at radius 3 is 0.799 bits per heavy atom. The van der Waals surface area contributed by atoms with Gasteiger partial charge < -0.3 is 14.7 Å². The van der Waals surface area contributed by atoms with Crippen molar-refractivity contribution in [2.45, 2.75) is 40.0 Å². The van der Waals surface area contributed by atoms with E-state index in [1.807, 2.05) is 12.1 Å². The van der Waals surface area contributed by atoms with Crippen LogP contribution in [-0.2, 0) is 19.3 Å². The predicted octanol–water partition coefficient (Wildman–Crippen LogP) is 33.7. The van der Waals surface area contributed by atoms with Crippen LogP contribution in [-0.4, -0.2) is 38.2 Å². The van der Waals surface area contributed by atoms with Crippen LogP contribution >= 0.6 is 0 Å². The van der Waals surface area contributed by atoms with Gasteiger partial charge in [-0.3, -0.25) is 18.3 Å². The minimum atomic E-state index is 0.851. The zero-order chi connectivity index (χ0) is 92.3. The van der Waals surface area contributed by atoms with Gasteiger partial charge in [0.25, 0.3) is 0 Å². The summed E-state index contributed by atoms with van der Waals surface area (Å²) in [6.45, 7) is 6.55. The highest BCUT2D eigenvalue weighted by Crippen LogP contribution is 2.54. The molecule has 11 heteroatoms. The normalized spacial score (nSPS) is 12.2. The maximum absolute atomic E-state index is 5.08. The van der Waals surface area contributed by atoms with Crippen molar-refractivity contribution >= 4 is 138 Å². The van der Waals surface area contributed by atoms with Crippen LogP contribution in [0.15, 0.2) is 461 Å². The van der Waals surface area contributed by atoms with Crippen molar-refractivity contribution in [1.82, 2.24) is 38.2 Å². The summed E-state index contributed by atoms with van der Waals surface area (Å²) in [7, 11) is 0. The highest BCUT2D eigenvalue weighted by Gasteiger charge is 2.34. The number of fused-ring (bicyclic) bond motifs is 11. The molecule has 11 nitrogen and oxygen atoms in total. The van der Waals surface area contributed by atoms with Crippen LogP contribution in [0, 0.1) is 0 Å². The number of anilines is 9. The lowest BCUT2D eigenvalue weighted by atomic mass is 9.91. The fourth-order valence-corrected chi connectivity index (χ4v) is 21.4. The van der Waals surface area contributed by atoms with Gasteiger partial charge in [-0.15, -0.1) is 0 Å². The maximum Gasteiger partial charge on any atom is 0.145 e. The van der Waals surface area contributed by atoms with E-state index >= 15 is 0 Å². The predicted molar refractivity (Wildman–Crippen MR) is 579 cm³/mol. The SMILES string of the molecule is CCc1nc2cccc3c2n1-c1ccc(-c2cc(-c4ccc5ccccc5c4)cc(-c4ccc5ccccc5c4)c2)cc1N3c1ccccc1.CCc1nc2cccc3c2n1-c1ccc(-c2ccc(-c4nc5ccccc5n4-c4ccccc4)cc2)cc1N3c1ccccc1.CCc1nc2cccc3c2n1-c1ccc(-c2ccc4cc(-c5ccc6ccccc6c5)ccc4c2)cc1N3c1ccccc1. The molecule has 28 rings (SSSR count). The molecule has 0 amide bonds. The molecule has 0 aliphatic carbocycles. The number of imidazole rings is 4. The molecule has 7 heterocycles. The van der Waals surface area contributed by atoms with Crippen LogP contribution in [0.25, 0.3) is 188 Å². The van der Waals surface area contributed by atoms with Crippen LogP contribution in [0.2, 0.25) is 0 Å². The fraction of sp³-hybridized carbons (Fsp3) is 0.0469. The van der Waals surface area contributed by atoms with Crippen molar-refractivity contribution in [3.05, 3.63) is 479 Å². The molecule has 0 saturated carbocycles. The molecule has 0 radical (unpaired) electrons. The Balaban J connectivity index is 0.000000108. The van der Waals surface area contributed by atoms with E-state index in [1.54, 1.807) is 0 Å². The van der Waals surface area contributed by atoms with Crippen molar-refractivity contribution < 1.29 is 0 Å². The summed E-state index contributed by atoms with van der Waals surface area (Å²) in [4.78, 5) is 27.4. The Morgan fingerprint density at radius 2 is 0.432 bits per heavy atom. The summed E-state index contributed by atoms with van der Waals surface area (Å²) < 4.78 is 9.32. The number of aromatic nitrogens is 8. The molecule has 3 aliphatic rings. The van der Waals surface area contributed by atoms with Gasteiger partial charge in [-0.05, 0) is 292 Å². The third-order valence-electron chi connectivity index (χ3n) is 28.0. The maximum atomic E-state index is 5.08. The van der Waals surface area contributed by atoms with Gasteiger partial charge in [-0.2, -0.15) is 0 Å². The number of hydrogen-bond acceptors (Lipinski definition) is 7. The van der Waals surface area contributed by atoms with Gasteiger partial charge in [-0.25, -0.2) is 19.9 Å². The Labute approximate surface area is 805 Å². The van der Waals surface area contributed by atoms with Gasteiger partial charge in [0.05, 0.1) is 95.3 Å². The second-order valence-corrected chi connectivity index (χ2v) is 36.1. The van der Waals surface area contributed by atoms with Gasteiger partial charge in [0, 0.05) is 47.6 Å². The fourth-order valence-electron chi connectivity index (χ4n) is 21.4. The molecular formula is C128H91N11. The molecule has 0 atom stereocenters. The van der Waals surface area contributed by atoms with Gasteiger partial charge in [0.2, 0.25) is 0 Å². The molecule has 139 heavy (non-hydrogen) atoms. The van der Waals surface area contributed by atoms with Gasteiger partial charge >= 0.3 is 0 Å². The molecule has 3 aliphatic heterocycles. The van der Waals surface area contributed by atoms with Crippen molar-refractivity contribution in [3.8, 4) is 101 Å². The first-order chi connectivity index (χ1) is 68.7. The van der Waals surface area contributed by atoms with E-state index in [0.29, 0.717) is 0 Å². The Kier molecular flexibility index (Phi) is 19.9. The van der Waals surface area contributed by atoms with E-state index in [4.69, 9.17) is 19.9 Å². The van der Waals surface area contributed by atoms with E-state index in [0.717, 1.165) is 172 Å². The number of benzene rings is 21. The van der Waals surface area contributed by atoms with Crippen LogP contribution in [0.3, 0.4) is 0 Å². The van der Waals surface area contributed by atoms with Crippen LogP contribution in [0.1, 0.15) is 38.2 Å². The van der Waals surface area contributed by atoms with Crippen molar-refractivity contribution in [1.29, 1.82) is 0 Å². The van der Waals surface area contributed by atoms with Crippen molar-refractivity contribution in [2.75, 3.05) is 14.7 Å². The highest BCUT2D eigenvalue weighted by molar-refractivity contribution is 6.07. The first-order valence-electron chi connectivity index (χ1n) is 48.1. The zero-order valence-corrected chi connectivity index (χ0v) is 76.9. The molecule has 4 aromatic heterocycles. The van der Waals surface area contributed by atoms with Gasteiger partial charge in [0.1, 0.15) is 23.3 Å². The highest BCUT2D eigenvalue weighted by atomic mass is 15.3. The first kappa shape index (κ1) is 81.7. The lowest BCUT2D eigenvalue weighted by Gasteiger charge is -2.33. The van der Waals surface area contributed by atoms with Crippen LogP contribution < -0.4 is 14.7 Å². The average molecular weight is 1780 g/mol. The molecule has 0 N–H and O–H groups in total. The Hall–Kier alpha value is -18.1. The average Bonchev–Trinajstić information content (AvgIpc) is 1.61. The van der Waals surface area contributed by atoms with E-state index in [2.05, 4.69) is 503 Å². The Morgan fingerprint density at radius 1 is 0.165 bits per heavy atom. The summed E-state index contributed by atoms with van der Waals surface area (Å²) >= 11 is 0. The molecular weight excluding hydrogens is 1690 g/mol. The lowest BCUT2D eigenvalue weighted by molar-refractivity contribution is 0.900. The van der Waals surface area contributed by atoms with Crippen molar-refractivity contribution in [2.24, 2.45) is 0 Å². The number of hydrogen-bond donors (Lipinski definition) is 0. The molecule has 25 aromatic rings. The minimum absolute atomic E-state index is 0.851. The van der Waals surface area contributed by atoms with Gasteiger partial charge in [-0.1, -0.05) is 300 Å². The second-order valence-electron chi connectivity index (χ2n) is 36.1. The molecule has 0 spiro atoms. The van der Waals surface area contributed by atoms with Crippen LogP contribution in [0.4, 0.5) is 51.2 Å². The van der Waals surface area contributed by atoms with E-state index in [1.165, 1.54) is 104 Å².